The Kier molecular flexibility index (Phi) is 4.03. The van der Waals surface area contributed by atoms with Gasteiger partial charge >= 0.3 is 0 Å². The van der Waals surface area contributed by atoms with Crippen LogP contribution in [-0.4, -0.2) is 10.9 Å². The molecule has 148 valence electrons. The van der Waals surface area contributed by atoms with Crippen LogP contribution in [0.15, 0.2) is 70.0 Å². The average molecular weight is 400 g/mol. The second-order valence-corrected chi connectivity index (χ2v) is 7.49. The van der Waals surface area contributed by atoms with E-state index >= 15 is 0 Å². The molecule has 0 fully saturated rings. The van der Waals surface area contributed by atoms with E-state index in [-0.39, 0.29) is 22.3 Å². The molecule has 0 saturated heterocycles. The average Bonchev–Trinajstić information content (AvgIpc) is 3.02. The molecule has 0 bridgehead atoms. The fraction of sp³-hybridized carbons (Fsp3) is 0.125. The zero-order valence-electron chi connectivity index (χ0n) is 16.3. The maximum absolute atomic E-state index is 13.8. The lowest BCUT2D eigenvalue weighted by molar-refractivity contribution is 0.0970. The Morgan fingerprint density at radius 3 is 2.47 bits per heavy atom. The molecule has 0 N–H and O–H groups in total. The Labute approximate surface area is 171 Å². The number of carbonyl (C=O) groups is 1. The minimum atomic E-state index is -0.716. The Morgan fingerprint density at radius 2 is 1.73 bits per heavy atom. The molecule has 0 radical (unpaired) electrons. The van der Waals surface area contributed by atoms with Gasteiger partial charge in [-0.15, -0.1) is 0 Å². The number of pyridine rings is 1. The smallest absolute Gasteiger partial charge is 0.296 e. The number of hydrogen-bond donors (Lipinski definition) is 0. The lowest BCUT2D eigenvalue weighted by Crippen LogP contribution is -2.30. The summed E-state index contributed by atoms with van der Waals surface area (Å²) in [5, 5.41) is 0.109. The number of aryl methyl sites for hydroxylation is 2. The molecule has 1 atom stereocenters. The molecule has 30 heavy (non-hydrogen) atoms. The van der Waals surface area contributed by atoms with Gasteiger partial charge in [0.05, 0.1) is 17.0 Å². The highest BCUT2D eigenvalue weighted by Crippen LogP contribution is 2.40. The summed E-state index contributed by atoms with van der Waals surface area (Å²) < 4.78 is 19.7. The number of rotatable bonds is 2. The molecule has 0 unspecified atom stereocenters. The van der Waals surface area contributed by atoms with Crippen molar-refractivity contribution in [2.24, 2.45) is 0 Å². The molecule has 1 amide bonds. The second-order valence-electron chi connectivity index (χ2n) is 7.49. The van der Waals surface area contributed by atoms with Crippen molar-refractivity contribution in [1.82, 2.24) is 4.98 Å². The third-order valence-electron chi connectivity index (χ3n) is 5.37. The van der Waals surface area contributed by atoms with Crippen LogP contribution in [0.2, 0.25) is 0 Å². The van der Waals surface area contributed by atoms with Crippen LogP contribution in [0.4, 0.5) is 10.2 Å². The summed E-state index contributed by atoms with van der Waals surface area (Å²) in [6.07, 6.45) is 1.62. The number of nitrogens with zero attached hydrogens (tertiary/aromatic N) is 2. The number of halogens is 1. The molecular formula is C24H17FN2O3. The van der Waals surface area contributed by atoms with E-state index in [2.05, 4.69) is 4.98 Å². The summed E-state index contributed by atoms with van der Waals surface area (Å²) >= 11 is 0. The quantitative estimate of drug-likeness (QED) is 0.490. The van der Waals surface area contributed by atoms with E-state index in [9.17, 15) is 14.0 Å². The van der Waals surface area contributed by atoms with Crippen LogP contribution < -0.4 is 10.3 Å². The maximum Gasteiger partial charge on any atom is 0.296 e. The summed E-state index contributed by atoms with van der Waals surface area (Å²) in [5.74, 6) is -0.597. The van der Waals surface area contributed by atoms with E-state index in [0.717, 1.165) is 22.8 Å². The number of benzene rings is 2. The highest BCUT2D eigenvalue weighted by Gasteiger charge is 2.44. The number of hydrogen-bond acceptors (Lipinski definition) is 4. The van der Waals surface area contributed by atoms with Crippen molar-refractivity contribution < 1.29 is 13.6 Å². The maximum atomic E-state index is 13.8. The van der Waals surface area contributed by atoms with Gasteiger partial charge in [0.2, 0.25) is 5.76 Å². The normalized spacial score (nSPS) is 15.6. The Bertz CT molecular complexity index is 1380. The molecule has 6 heteroatoms. The van der Waals surface area contributed by atoms with Crippen LogP contribution in [0.1, 0.15) is 38.9 Å². The van der Waals surface area contributed by atoms with E-state index in [0.29, 0.717) is 5.82 Å². The van der Waals surface area contributed by atoms with Crippen LogP contribution >= 0.6 is 0 Å². The van der Waals surface area contributed by atoms with E-state index in [1.807, 2.05) is 44.2 Å². The summed E-state index contributed by atoms with van der Waals surface area (Å²) in [5.41, 5.74) is 2.69. The van der Waals surface area contributed by atoms with Crippen LogP contribution in [0.3, 0.4) is 0 Å². The summed E-state index contributed by atoms with van der Waals surface area (Å²) in [6, 6.07) is 14.2. The molecule has 2 aromatic carbocycles. The van der Waals surface area contributed by atoms with E-state index in [1.54, 1.807) is 12.3 Å². The van der Waals surface area contributed by atoms with Crippen LogP contribution in [0, 0.1) is 19.7 Å². The van der Waals surface area contributed by atoms with Gasteiger partial charge < -0.3 is 4.42 Å². The molecular weight excluding hydrogens is 383 g/mol. The SMILES string of the molecule is Cc1ccc([C@H]2c3c(oc4ccc(F)cc4c3=O)C(=O)N2c2cc(C)ccn2)cc1. The fourth-order valence-corrected chi connectivity index (χ4v) is 3.90. The van der Waals surface area contributed by atoms with Crippen molar-refractivity contribution in [2.45, 2.75) is 19.9 Å². The van der Waals surface area contributed by atoms with Crippen molar-refractivity contribution in [3.05, 3.63) is 105 Å². The van der Waals surface area contributed by atoms with E-state index < -0.39 is 23.2 Å². The standard InChI is InChI=1S/C24H17FN2O3/c1-13-3-5-15(6-4-13)21-20-22(28)17-12-16(25)7-8-18(17)30-23(20)24(29)27(21)19-11-14(2)9-10-26-19/h3-12,21H,1-2H3/t21-/m0/s1. The zero-order chi connectivity index (χ0) is 21.0. The van der Waals surface area contributed by atoms with Crippen molar-refractivity contribution in [1.29, 1.82) is 0 Å². The molecule has 3 heterocycles. The first kappa shape index (κ1) is 18.2. The third kappa shape index (κ3) is 2.72. The monoisotopic (exact) mass is 400 g/mol. The minimum Gasteiger partial charge on any atom is -0.450 e. The van der Waals surface area contributed by atoms with Gasteiger partial charge in [-0.05, 0) is 55.3 Å². The fourth-order valence-electron chi connectivity index (χ4n) is 3.90. The predicted octanol–water partition coefficient (Wildman–Crippen LogP) is 4.69. The number of anilines is 1. The molecule has 1 aliphatic heterocycles. The Morgan fingerprint density at radius 1 is 0.967 bits per heavy atom. The Balaban J connectivity index is 1.83. The first-order chi connectivity index (χ1) is 14.4. The highest BCUT2D eigenvalue weighted by atomic mass is 19.1. The lowest BCUT2D eigenvalue weighted by atomic mass is 9.97. The molecule has 5 rings (SSSR count). The predicted molar refractivity (Wildman–Crippen MR) is 111 cm³/mol. The van der Waals surface area contributed by atoms with Crippen molar-refractivity contribution >= 4 is 22.7 Å². The molecule has 1 aliphatic rings. The first-order valence-electron chi connectivity index (χ1n) is 9.53. The van der Waals surface area contributed by atoms with Crippen molar-refractivity contribution in [2.75, 3.05) is 4.90 Å². The van der Waals surface area contributed by atoms with Crippen LogP contribution in [-0.2, 0) is 0 Å². The number of carbonyl (C=O) groups excluding carboxylic acids is 1. The second kappa shape index (κ2) is 6.62. The number of fused-ring (bicyclic) bond motifs is 2. The zero-order valence-corrected chi connectivity index (χ0v) is 16.3. The first-order valence-corrected chi connectivity index (χ1v) is 9.53. The van der Waals surface area contributed by atoms with Gasteiger partial charge in [-0.2, -0.15) is 0 Å². The van der Waals surface area contributed by atoms with Crippen LogP contribution in [0.25, 0.3) is 11.0 Å². The van der Waals surface area contributed by atoms with Gasteiger partial charge in [0.25, 0.3) is 5.91 Å². The molecule has 0 spiro atoms. The van der Waals surface area contributed by atoms with Gasteiger partial charge in [-0.3, -0.25) is 14.5 Å². The molecule has 4 aromatic rings. The van der Waals surface area contributed by atoms with Crippen LogP contribution in [0.5, 0.6) is 0 Å². The van der Waals surface area contributed by atoms with E-state index in [4.69, 9.17) is 4.42 Å². The summed E-state index contributed by atoms with van der Waals surface area (Å²) in [6.45, 7) is 3.86. The summed E-state index contributed by atoms with van der Waals surface area (Å²) in [4.78, 5) is 32.6. The molecule has 0 aliphatic carbocycles. The third-order valence-corrected chi connectivity index (χ3v) is 5.37. The highest BCUT2D eigenvalue weighted by molar-refractivity contribution is 6.10. The van der Waals surface area contributed by atoms with Gasteiger partial charge in [-0.1, -0.05) is 29.8 Å². The van der Waals surface area contributed by atoms with Crippen molar-refractivity contribution in [3.8, 4) is 0 Å². The topological polar surface area (TPSA) is 63.4 Å². The van der Waals surface area contributed by atoms with E-state index in [1.165, 1.54) is 17.0 Å². The van der Waals surface area contributed by atoms with Gasteiger partial charge in [0.1, 0.15) is 17.2 Å². The molecule has 5 nitrogen and oxygen atoms in total. The molecule has 2 aromatic heterocycles. The number of aromatic nitrogens is 1. The van der Waals surface area contributed by atoms with Gasteiger partial charge in [-0.25, -0.2) is 9.37 Å². The largest absolute Gasteiger partial charge is 0.450 e. The molecule has 0 saturated carbocycles. The van der Waals surface area contributed by atoms with Gasteiger partial charge in [0, 0.05) is 6.20 Å². The minimum absolute atomic E-state index is 0.0343. The van der Waals surface area contributed by atoms with Gasteiger partial charge in [0.15, 0.2) is 5.43 Å². The Hall–Kier alpha value is -3.80. The van der Waals surface area contributed by atoms with Crippen molar-refractivity contribution in [3.63, 3.8) is 0 Å². The summed E-state index contributed by atoms with van der Waals surface area (Å²) in [7, 11) is 0. The lowest BCUT2D eigenvalue weighted by Gasteiger charge is -2.24. The number of amides is 1.